The SMILES string of the molecule is CC(=O)OCCOc1ccc(-c2nc(-c3ccccc3)nc(-c3ccccc3)n2)c(O)c1. The zero-order valence-electron chi connectivity index (χ0n) is 17.4. The maximum Gasteiger partial charge on any atom is 0.302 e. The molecule has 0 fully saturated rings. The van der Waals surface area contributed by atoms with Gasteiger partial charge in [0.2, 0.25) is 0 Å². The normalized spacial score (nSPS) is 10.5. The van der Waals surface area contributed by atoms with Crippen molar-refractivity contribution in [3.63, 3.8) is 0 Å². The minimum Gasteiger partial charge on any atom is -0.507 e. The summed E-state index contributed by atoms with van der Waals surface area (Å²) in [6.45, 7) is 1.65. The number of esters is 1. The highest BCUT2D eigenvalue weighted by molar-refractivity contribution is 5.70. The highest BCUT2D eigenvalue weighted by atomic mass is 16.6. The van der Waals surface area contributed by atoms with E-state index in [1.54, 1.807) is 12.1 Å². The van der Waals surface area contributed by atoms with Crippen LogP contribution in [0.5, 0.6) is 11.5 Å². The zero-order chi connectivity index (χ0) is 22.3. The van der Waals surface area contributed by atoms with Gasteiger partial charge in [-0.05, 0) is 12.1 Å². The number of ether oxygens (including phenoxy) is 2. The largest absolute Gasteiger partial charge is 0.507 e. The van der Waals surface area contributed by atoms with Crippen LogP contribution in [0.1, 0.15) is 6.92 Å². The number of rotatable bonds is 7. The zero-order valence-corrected chi connectivity index (χ0v) is 17.4. The van der Waals surface area contributed by atoms with Gasteiger partial charge in [0.05, 0.1) is 5.56 Å². The molecule has 7 nitrogen and oxygen atoms in total. The van der Waals surface area contributed by atoms with Gasteiger partial charge in [-0.3, -0.25) is 4.79 Å². The van der Waals surface area contributed by atoms with Crippen LogP contribution in [0.2, 0.25) is 0 Å². The molecule has 0 aliphatic rings. The second kappa shape index (κ2) is 9.70. The fourth-order valence-electron chi connectivity index (χ4n) is 3.06. The van der Waals surface area contributed by atoms with Crippen molar-refractivity contribution in [3.8, 4) is 45.7 Å². The lowest BCUT2D eigenvalue weighted by Crippen LogP contribution is -2.09. The standard InChI is InChI=1S/C25H21N3O4/c1-17(29)31-14-15-32-20-12-13-21(22(30)16-20)25-27-23(18-8-4-2-5-9-18)26-24(28-25)19-10-6-3-7-11-19/h2-13,16,30H,14-15H2,1H3. The molecule has 1 N–H and O–H groups in total. The molecular weight excluding hydrogens is 406 g/mol. The first-order valence-electron chi connectivity index (χ1n) is 10.1. The molecule has 0 radical (unpaired) electrons. The summed E-state index contributed by atoms with van der Waals surface area (Å²) in [6, 6.07) is 24.1. The molecule has 0 amide bonds. The Bertz CT molecular complexity index is 1160. The van der Waals surface area contributed by atoms with Gasteiger partial charge >= 0.3 is 5.97 Å². The Labute approximate surface area is 185 Å². The Morgan fingerprint density at radius 1 is 0.781 bits per heavy atom. The predicted octanol–water partition coefficient (Wildman–Crippen LogP) is 4.52. The first-order valence-corrected chi connectivity index (χ1v) is 10.1. The summed E-state index contributed by atoms with van der Waals surface area (Å²) in [4.78, 5) is 24.7. The van der Waals surface area contributed by atoms with E-state index in [1.165, 1.54) is 13.0 Å². The minimum atomic E-state index is -0.370. The van der Waals surface area contributed by atoms with Crippen LogP contribution in [0, 0.1) is 0 Å². The van der Waals surface area contributed by atoms with E-state index in [9.17, 15) is 9.90 Å². The summed E-state index contributed by atoms with van der Waals surface area (Å²) in [5.41, 5.74) is 2.14. The summed E-state index contributed by atoms with van der Waals surface area (Å²) >= 11 is 0. The molecule has 0 saturated heterocycles. The van der Waals surface area contributed by atoms with Gasteiger partial charge in [-0.15, -0.1) is 0 Å². The molecule has 1 aromatic heterocycles. The molecule has 0 aliphatic heterocycles. The van der Waals surface area contributed by atoms with E-state index in [0.717, 1.165) is 11.1 Å². The van der Waals surface area contributed by atoms with Gasteiger partial charge in [-0.25, -0.2) is 15.0 Å². The number of hydrogen-bond acceptors (Lipinski definition) is 7. The van der Waals surface area contributed by atoms with Crippen molar-refractivity contribution in [1.29, 1.82) is 0 Å². The second-order valence-electron chi connectivity index (χ2n) is 6.91. The van der Waals surface area contributed by atoms with Crippen LogP contribution < -0.4 is 4.74 Å². The highest BCUT2D eigenvalue weighted by Crippen LogP contribution is 2.32. The number of nitrogens with zero attached hydrogens (tertiary/aromatic N) is 3. The van der Waals surface area contributed by atoms with Crippen LogP contribution in [0.25, 0.3) is 34.2 Å². The van der Waals surface area contributed by atoms with E-state index >= 15 is 0 Å². The smallest absolute Gasteiger partial charge is 0.302 e. The van der Waals surface area contributed by atoms with Crippen LogP contribution in [0.3, 0.4) is 0 Å². The lowest BCUT2D eigenvalue weighted by molar-refractivity contribution is -0.141. The molecule has 0 aliphatic carbocycles. The molecule has 0 unspecified atom stereocenters. The van der Waals surface area contributed by atoms with Gasteiger partial charge in [0, 0.05) is 24.1 Å². The third-order valence-electron chi connectivity index (χ3n) is 4.57. The highest BCUT2D eigenvalue weighted by Gasteiger charge is 2.15. The van der Waals surface area contributed by atoms with Crippen molar-refractivity contribution in [2.75, 3.05) is 13.2 Å². The number of carbonyl (C=O) groups is 1. The van der Waals surface area contributed by atoms with Crippen molar-refractivity contribution in [3.05, 3.63) is 78.9 Å². The number of phenols is 1. The van der Waals surface area contributed by atoms with Crippen molar-refractivity contribution >= 4 is 5.97 Å². The van der Waals surface area contributed by atoms with Gasteiger partial charge in [-0.2, -0.15) is 0 Å². The summed E-state index contributed by atoms with van der Waals surface area (Å²) in [5, 5.41) is 10.6. The molecule has 32 heavy (non-hydrogen) atoms. The third kappa shape index (κ3) is 5.07. The summed E-state index contributed by atoms with van der Waals surface area (Å²) in [6.07, 6.45) is 0. The molecule has 0 atom stereocenters. The number of aromatic nitrogens is 3. The van der Waals surface area contributed by atoms with E-state index in [4.69, 9.17) is 9.47 Å². The van der Waals surface area contributed by atoms with Gasteiger partial charge in [0.15, 0.2) is 17.5 Å². The maximum absolute atomic E-state index is 10.8. The molecule has 3 aromatic carbocycles. The first-order chi connectivity index (χ1) is 15.6. The molecule has 4 rings (SSSR count). The van der Waals surface area contributed by atoms with Crippen LogP contribution in [0.4, 0.5) is 0 Å². The van der Waals surface area contributed by atoms with Crippen molar-refractivity contribution < 1.29 is 19.4 Å². The van der Waals surface area contributed by atoms with Gasteiger partial charge < -0.3 is 14.6 Å². The van der Waals surface area contributed by atoms with Crippen molar-refractivity contribution in [1.82, 2.24) is 15.0 Å². The average molecular weight is 427 g/mol. The first kappa shape index (κ1) is 21.0. The Hall–Kier alpha value is -4.26. The fraction of sp³-hybridized carbons (Fsp3) is 0.120. The molecule has 0 saturated carbocycles. The Morgan fingerprint density at radius 3 is 1.88 bits per heavy atom. The second-order valence-corrected chi connectivity index (χ2v) is 6.91. The van der Waals surface area contributed by atoms with Gasteiger partial charge in [-0.1, -0.05) is 60.7 Å². The summed E-state index contributed by atoms with van der Waals surface area (Å²) in [5.74, 6) is 1.41. The molecule has 0 spiro atoms. The van der Waals surface area contributed by atoms with E-state index in [2.05, 4.69) is 15.0 Å². The number of phenolic OH excluding ortho intramolecular Hbond substituents is 1. The maximum atomic E-state index is 10.8. The van der Waals surface area contributed by atoms with E-state index < -0.39 is 0 Å². The monoisotopic (exact) mass is 427 g/mol. The number of benzene rings is 3. The van der Waals surface area contributed by atoms with E-state index in [1.807, 2.05) is 60.7 Å². The molecule has 0 bridgehead atoms. The van der Waals surface area contributed by atoms with Gasteiger partial charge in [0.25, 0.3) is 0 Å². The van der Waals surface area contributed by atoms with Crippen LogP contribution >= 0.6 is 0 Å². The third-order valence-corrected chi connectivity index (χ3v) is 4.57. The predicted molar refractivity (Wildman–Crippen MR) is 120 cm³/mol. The molecular formula is C25H21N3O4. The van der Waals surface area contributed by atoms with Crippen LogP contribution in [0.15, 0.2) is 78.9 Å². The molecule has 4 aromatic rings. The average Bonchev–Trinajstić information content (AvgIpc) is 2.82. The number of aromatic hydroxyl groups is 1. The Kier molecular flexibility index (Phi) is 6.36. The van der Waals surface area contributed by atoms with Crippen molar-refractivity contribution in [2.24, 2.45) is 0 Å². The van der Waals surface area contributed by atoms with Gasteiger partial charge in [0.1, 0.15) is 24.7 Å². The van der Waals surface area contributed by atoms with E-state index in [-0.39, 0.29) is 24.9 Å². The number of hydrogen-bond donors (Lipinski definition) is 1. The lowest BCUT2D eigenvalue weighted by atomic mass is 10.1. The van der Waals surface area contributed by atoms with Crippen molar-refractivity contribution in [2.45, 2.75) is 6.92 Å². The quantitative estimate of drug-likeness (QED) is 0.342. The molecule has 1 heterocycles. The number of carbonyl (C=O) groups excluding carboxylic acids is 1. The molecule has 7 heteroatoms. The Morgan fingerprint density at radius 2 is 1.34 bits per heavy atom. The Balaban J connectivity index is 1.69. The van der Waals surface area contributed by atoms with Crippen LogP contribution in [-0.4, -0.2) is 39.2 Å². The lowest BCUT2D eigenvalue weighted by Gasteiger charge is -2.11. The van der Waals surface area contributed by atoms with E-state index in [0.29, 0.717) is 28.8 Å². The fourth-order valence-corrected chi connectivity index (χ4v) is 3.06. The van der Waals surface area contributed by atoms with Crippen LogP contribution in [-0.2, 0) is 9.53 Å². The topological polar surface area (TPSA) is 94.4 Å². The summed E-state index contributed by atoms with van der Waals surface area (Å²) < 4.78 is 10.4. The minimum absolute atomic E-state index is 0.0285. The molecule has 160 valence electrons. The summed E-state index contributed by atoms with van der Waals surface area (Å²) in [7, 11) is 0.